The first kappa shape index (κ1) is 14.8. The summed E-state index contributed by atoms with van der Waals surface area (Å²) < 4.78 is 44.3. The van der Waals surface area contributed by atoms with Crippen molar-refractivity contribution < 1.29 is 17.6 Å². The van der Waals surface area contributed by atoms with Crippen molar-refractivity contribution in [3.8, 4) is 0 Å². The fraction of sp³-hybridized carbons (Fsp3) is 0.105. The number of fused-ring (bicyclic) bond motifs is 3. The van der Waals surface area contributed by atoms with Crippen molar-refractivity contribution in [1.29, 1.82) is 0 Å². The average Bonchev–Trinajstić information content (AvgIpc) is 2.52. The molecule has 120 valence electrons. The highest BCUT2D eigenvalue weighted by Crippen LogP contribution is 2.32. The van der Waals surface area contributed by atoms with Crippen molar-refractivity contribution in [3.63, 3.8) is 0 Å². The van der Waals surface area contributed by atoms with Crippen LogP contribution in [-0.4, -0.2) is 0 Å². The molecule has 0 amide bonds. The average molecular weight is 328 g/mol. The molecule has 1 aromatic heterocycles. The van der Waals surface area contributed by atoms with E-state index in [2.05, 4.69) is 0 Å². The van der Waals surface area contributed by atoms with E-state index in [4.69, 9.17) is 4.42 Å². The van der Waals surface area contributed by atoms with Crippen molar-refractivity contribution in [1.82, 2.24) is 0 Å². The summed E-state index contributed by atoms with van der Waals surface area (Å²) in [5, 5.41) is 1.96. The lowest BCUT2D eigenvalue weighted by Crippen LogP contribution is -2.08. The minimum atomic E-state index is -4.50. The van der Waals surface area contributed by atoms with Gasteiger partial charge in [0.15, 0.2) is 0 Å². The lowest BCUT2D eigenvalue weighted by Gasteiger charge is -2.08. The third-order valence-electron chi connectivity index (χ3n) is 4.11. The van der Waals surface area contributed by atoms with Crippen molar-refractivity contribution in [2.24, 2.45) is 0 Å². The normalized spacial score (nSPS) is 12.3. The molecule has 0 atom stereocenters. The number of alkyl halides is 3. The zero-order valence-corrected chi connectivity index (χ0v) is 12.6. The minimum absolute atomic E-state index is 0.0659. The first-order chi connectivity index (χ1) is 11.3. The number of aryl methyl sites for hydroxylation is 1. The Balaban J connectivity index is 2.11. The summed E-state index contributed by atoms with van der Waals surface area (Å²) in [6.45, 7) is 1.96. The van der Waals surface area contributed by atoms with Crippen LogP contribution in [0.5, 0.6) is 0 Å². The van der Waals surface area contributed by atoms with Crippen LogP contribution in [0.3, 0.4) is 0 Å². The molecule has 1 heterocycles. The van der Waals surface area contributed by atoms with Crippen molar-refractivity contribution >= 4 is 32.7 Å². The molecule has 0 spiro atoms. The van der Waals surface area contributed by atoms with E-state index >= 15 is 0 Å². The summed E-state index contributed by atoms with van der Waals surface area (Å²) in [5.74, 6) is 0. The summed E-state index contributed by atoms with van der Waals surface area (Å²) in [4.78, 5) is 12.7. The monoisotopic (exact) mass is 328 g/mol. The number of hydrogen-bond donors (Lipinski definition) is 0. The third kappa shape index (κ3) is 2.24. The molecule has 0 N–H and O–H groups in total. The molecular formula is C19H11F3O2. The number of rotatable bonds is 0. The van der Waals surface area contributed by atoms with Crippen molar-refractivity contribution in [2.75, 3.05) is 0 Å². The predicted molar refractivity (Wildman–Crippen MR) is 87.2 cm³/mol. The largest absolute Gasteiger partial charge is 0.456 e. The highest BCUT2D eigenvalue weighted by Gasteiger charge is 2.31. The van der Waals surface area contributed by atoms with E-state index in [0.29, 0.717) is 5.58 Å². The van der Waals surface area contributed by atoms with Crippen LogP contribution in [0.2, 0.25) is 0 Å². The number of benzene rings is 3. The second-order valence-electron chi connectivity index (χ2n) is 5.84. The molecule has 0 fully saturated rings. The van der Waals surface area contributed by atoms with E-state index < -0.39 is 17.2 Å². The van der Waals surface area contributed by atoms with Gasteiger partial charge < -0.3 is 4.42 Å². The Morgan fingerprint density at radius 2 is 1.58 bits per heavy atom. The Hall–Kier alpha value is -2.82. The Morgan fingerprint density at radius 1 is 0.833 bits per heavy atom. The maximum absolute atomic E-state index is 12.9. The van der Waals surface area contributed by atoms with Crippen LogP contribution in [0.4, 0.5) is 13.2 Å². The molecule has 0 saturated carbocycles. The van der Waals surface area contributed by atoms with Gasteiger partial charge in [-0.3, -0.25) is 4.79 Å². The van der Waals surface area contributed by atoms with Gasteiger partial charge in [-0.15, -0.1) is 0 Å². The summed E-state index contributed by atoms with van der Waals surface area (Å²) in [6.07, 6.45) is -4.50. The maximum Gasteiger partial charge on any atom is 0.416 e. The van der Waals surface area contributed by atoms with Gasteiger partial charge in [0.05, 0.1) is 16.3 Å². The van der Waals surface area contributed by atoms with Crippen LogP contribution in [-0.2, 0) is 6.18 Å². The van der Waals surface area contributed by atoms with E-state index in [1.165, 1.54) is 6.07 Å². The highest BCUT2D eigenvalue weighted by atomic mass is 19.4. The molecule has 0 aliphatic rings. The van der Waals surface area contributed by atoms with Gasteiger partial charge in [0.25, 0.3) is 0 Å². The van der Waals surface area contributed by atoms with E-state index in [1.54, 1.807) is 12.1 Å². The molecule has 5 heteroatoms. The molecule has 0 radical (unpaired) electrons. The maximum atomic E-state index is 12.9. The standard InChI is InChI=1S/C19H11F3O2/c1-10-2-3-11-7-14-17(8-12(11)6-10)24-16-5-4-13(19(20,21)22)9-15(16)18(14)23/h2-9H,1H3. The molecule has 0 saturated heterocycles. The molecule has 2 nitrogen and oxygen atoms in total. The van der Waals surface area contributed by atoms with Gasteiger partial charge in [-0.05, 0) is 48.0 Å². The first-order valence-electron chi connectivity index (χ1n) is 7.31. The van der Waals surface area contributed by atoms with Crippen molar-refractivity contribution in [2.45, 2.75) is 13.1 Å². The van der Waals surface area contributed by atoms with Crippen LogP contribution in [0.1, 0.15) is 11.1 Å². The summed E-state index contributed by atoms with van der Waals surface area (Å²) in [6, 6.07) is 12.1. The summed E-state index contributed by atoms with van der Waals surface area (Å²) in [7, 11) is 0. The van der Waals surface area contributed by atoms with Crippen LogP contribution in [0.25, 0.3) is 32.7 Å². The first-order valence-corrected chi connectivity index (χ1v) is 7.31. The van der Waals surface area contributed by atoms with Gasteiger partial charge in [0.2, 0.25) is 5.43 Å². The zero-order valence-electron chi connectivity index (χ0n) is 12.6. The van der Waals surface area contributed by atoms with E-state index in [0.717, 1.165) is 28.5 Å². The fourth-order valence-electron chi connectivity index (χ4n) is 2.89. The SMILES string of the molecule is Cc1ccc2cc3c(=O)c4cc(C(F)(F)F)ccc4oc3cc2c1. The van der Waals surface area contributed by atoms with Crippen LogP contribution < -0.4 is 5.43 Å². The van der Waals surface area contributed by atoms with Crippen molar-refractivity contribution in [3.05, 3.63) is 69.9 Å². The van der Waals surface area contributed by atoms with E-state index in [-0.39, 0.29) is 16.4 Å². The molecule has 4 rings (SSSR count). The Labute approximate surface area is 134 Å². The van der Waals surface area contributed by atoms with Gasteiger partial charge in [-0.25, -0.2) is 0 Å². The minimum Gasteiger partial charge on any atom is -0.456 e. The quantitative estimate of drug-likeness (QED) is 0.403. The smallest absolute Gasteiger partial charge is 0.416 e. The van der Waals surface area contributed by atoms with Crippen LogP contribution >= 0.6 is 0 Å². The van der Waals surface area contributed by atoms with Gasteiger partial charge in [0.1, 0.15) is 11.2 Å². The molecular weight excluding hydrogens is 317 g/mol. The highest BCUT2D eigenvalue weighted by molar-refractivity contribution is 5.99. The van der Waals surface area contributed by atoms with Gasteiger partial charge in [-0.1, -0.05) is 23.8 Å². The molecule has 0 aliphatic heterocycles. The lowest BCUT2D eigenvalue weighted by atomic mass is 10.0. The topological polar surface area (TPSA) is 30.2 Å². The second-order valence-corrected chi connectivity index (χ2v) is 5.84. The van der Waals surface area contributed by atoms with E-state index in [9.17, 15) is 18.0 Å². The van der Waals surface area contributed by atoms with Gasteiger partial charge >= 0.3 is 6.18 Å². The Bertz CT molecular complexity index is 1170. The molecule has 3 aromatic carbocycles. The molecule has 0 bridgehead atoms. The Morgan fingerprint density at radius 3 is 2.33 bits per heavy atom. The second kappa shape index (κ2) is 4.84. The van der Waals surface area contributed by atoms with Crippen LogP contribution in [0, 0.1) is 6.92 Å². The van der Waals surface area contributed by atoms with Crippen LogP contribution in [0.15, 0.2) is 57.7 Å². The number of hydrogen-bond acceptors (Lipinski definition) is 2. The molecule has 24 heavy (non-hydrogen) atoms. The van der Waals surface area contributed by atoms with E-state index in [1.807, 2.05) is 25.1 Å². The van der Waals surface area contributed by atoms with Gasteiger partial charge in [0, 0.05) is 0 Å². The Kier molecular flexibility index (Phi) is 2.97. The van der Waals surface area contributed by atoms with Gasteiger partial charge in [-0.2, -0.15) is 13.2 Å². The predicted octanol–water partition coefficient (Wildman–Crippen LogP) is 5.43. The summed E-state index contributed by atoms with van der Waals surface area (Å²) >= 11 is 0. The fourth-order valence-corrected chi connectivity index (χ4v) is 2.89. The molecule has 0 aliphatic carbocycles. The zero-order chi connectivity index (χ0) is 17.1. The molecule has 4 aromatic rings. The third-order valence-corrected chi connectivity index (χ3v) is 4.11. The number of halogens is 3. The molecule has 0 unspecified atom stereocenters. The summed E-state index contributed by atoms with van der Waals surface area (Å²) in [5.41, 5.74) is 0.260. The lowest BCUT2D eigenvalue weighted by molar-refractivity contribution is -0.137.